The highest BCUT2D eigenvalue weighted by Gasteiger charge is 2.30. The maximum Gasteiger partial charge on any atom is 0.416 e. The van der Waals surface area contributed by atoms with Crippen LogP contribution in [0.15, 0.2) is 24.3 Å². The van der Waals surface area contributed by atoms with Crippen LogP contribution in [-0.4, -0.2) is 42.3 Å². The molecule has 1 aliphatic rings. The minimum atomic E-state index is -4.29. The van der Waals surface area contributed by atoms with Gasteiger partial charge in [0.15, 0.2) is 0 Å². The fourth-order valence-corrected chi connectivity index (χ4v) is 3.03. The number of piperidine rings is 1. The molecule has 1 saturated heterocycles. The SMILES string of the molecule is CC(O)CN1CCC(CNCc2cccc(C(F)(F)F)c2)CC1. The van der Waals surface area contributed by atoms with E-state index in [0.29, 0.717) is 24.6 Å². The van der Waals surface area contributed by atoms with Crippen molar-refractivity contribution in [3.8, 4) is 0 Å². The number of likely N-dealkylation sites (tertiary alicyclic amines) is 1. The normalized spacial score (nSPS) is 19.0. The zero-order valence-corrected chi connectivity index (χ0v) is 13.4. The molecule has 1 unspecified atom stereocenters. The van der Waals surface area contributed by atoms with E-state index in [1.54, 1.807) is 13.0 Å². The number of nitrogens with zero attached hydrogens (tertiary/aromatic N) is 1. The molecular weight excluding hydrogens is 305 g/mol. The standard InChI is InChI=1S/C17H25F3N2O/c1-13(23)12-22-7-5-14(6-8-22)10-21-11-15-3-2-4-16(9-15)17(18,19)20/h2-4,9,13-14,21,23H,5-8,10-12H2,1H3. The minimum absolute atomic E-state index is 0.300. The number of hydrogen-bond donors (Lipinski definition) is 2. The Hall–Kier alpha value is -1.11. The van der Waals surface area contributed by atoms with Crippen molar-refractivity contribution in [3.63, 3.8) is 0 Å². The first-order valence-electron chi connectivity index (χ1n) is 8.12. The lowest BCUT2D eigenvalue weighted by Gasteiger charge is -2.32. The summed E-state index contributed by atoms with van der Waals surface area (Å²) >= 11 is 0. The Morgan fingerprint density at radius 1 is 1.30 bits per heavy atom. The van der Waals surface area contributed by atoms with Gasteiger partial charge in [0.05, 0.1) is 11.7 Å². The third kappa shape index (κ3) is 6.12. The Bertz CT molecular complexity index is 483. The summed E-state index contributed by atoms with van der Waals surface area (Å²) in [4.78, 5) is 2.26. The van der Waals surface area contributed by atoms with E-state index in [2.05, 4.69) is 10.2 Å². The molecule has 1 heterocycles. The van der Waals surface area contributed by atoms with Crippen LogP contribution in [0.2, 0.25) is 0 Å². The molecule has 0 aromatic heterocycles. The van der Waals surface area contributed by atoms with Crippen LogP contribution in [0.3, 0.4) is 0 Å². The lowest BCUT2D eigenvalue weighted by atomic mass is 9.96. The third-order valence-corrected chi connectivity index (χ3v) is 4.25. The Morgan fingerprint density at radius 2 is 2.00 bits per heavy atom. The van der Waals surface area contributed by atoms with Crippen molar-refractivity contribution in [3.05, 3.63) is 35.4 Å². The molecule has 130 valence electrons. The van der Waals surface area contributed by atoms with E-state index in [-0.39, 0.29) is 6.10 Å². The van der Waals surface area contributed by atoms with E-state index in [9.17, 15) is 18.3 Å². The molecule has 1 fully saturated rings. The summed E-state index contributed by atoms with van der Waals surface area (Å²) in [5.41, 5.74) is 0.0644. The molecule has 0 aliphatic carbocycles. The van der Waals surface area contributed by atoms with Crippen LogP contribution in [0.1, 0.15) is 30.9 Å². The van der Waals surface area contributed by atoms with Gasteiger partial charge in [-0.2, -0.15) is 13.2 Å². The molecule has 0 amide bonds. The number of benzene rings is 1. The number of nitrogens with one attached hydrogen (secondary N) is 1. The summed E-state index contributed by atoms with van der Waals surface area (Å²) < 4.78 is 38.0. The second kappa shape index (κ2) is 8.13. The first-order valence-corrected chi connectivity index (χ1v) is 8.12. The van der Waals surface area contributed by atoms with Crippen LogP contribution < -0.4 is 5.32 Å². The molecular formula is C17H25F3N2O. The van der Waals surface area contributed by atoms with Crippen molar-refractivity contribution >= 4 is 0 Å². The molecule has 6 heteroatoms. The van der Waals surface area contributed by atoms with Gasteiger partial charge in [-0.3, -0.25) is 0 Å². The molecule has 23 heavy (non-hydrogen) atoms. The summed E-state index contributed by atoms with van der Waals surface area (Å²) in [5, 5.41) is 12.7. The Morgan fingerprint density at radius 3 is 2.61 bits per heavy atom. The predicted octanol–water partition coefficient (Wildman–Crippen LogP) is 2.89. The molecule has 0 radical (unpaired) electrons. The number of halogens is 3. The number of hydrogen-bond acceptors (Lipinski definition) is 3. The van der Waals surface area contributed by atoms with E-state index < -0.39 is 11.7 Å². The van der Waals surface area contributed by atoms with Crippen LogP contribution in [0.4, 0.5) is 13.2 Å². The van der Waals surface area contributed by atoms with Gasteiger partial charge in [0.1, 0.15) is 0 Å². The first-order chi connectivity index (χ1) is 10.8. The number of aliphatic hydroxyl groups is 1. The summed E-state index contributed by atoms with van der Waals surface area (Å²) in [6, 6.07) is 5.47. The minimum Gasteiger partial charge on any atom is -0.392 e. The molecule has 3 nitrogen and oxygen atoms in total. The number of β-amino-alcohol motifs (C(OH)–C–C–N with tert-alkyl or cyclic N) is 1. The van der Waals surface area contributed by atoms with Crippen molar-refractivity contribution in [1.82, 2.24) is 10.2 Å². The monoisotopic (exact) mass is 330 g/mol. The van der Waals surface area contributed by atoms with Crippen LogP contribution in [0.5, 0.6) is 0 Å². The second-order valence-corrected chi connectivity index (χ2v) is 6.42. The molecule has 0 spiro atoms. The highest BCUT2D eigenvalue weighted by atomic mass is 19.4. The summed E-state index contributed by atoms with van der Waals surface area (Å²) in [5.74, 6) is 0.547. The number of alkyl halides is 3. The summed E-state index contributed by atoms with van der Waals surface area (Å²) in [6.07, 6.45) is -2.47. The Labute approximate surface area is 135 Å². The van der Waals surface area contributed by atoms with Crippen molar-refractivity contribution < 1.29 is 18.3 Å². The van der Waals surface area contributed by atoms with E-state index in [0.717, 1.165) is 38.5 Å². The smallest absolute Gasteiger partial charge is 0.392 e. The van der Waals surface area contributed by atoms with E-state index >= 15 is 0 Å². The van der Waals surface area contributed by atoms with Gasteiger partial charge in [-0.15, -0.1) is 0 Å². The van der Waals surface area contributed by atoms with Gasteiger partial charge in [-0.25, -0.2) is 0 Å². The van der Waals surface area contributed by atoms with Crippen molar-refractivity contribution in [2.45, 2.75) is 38.6 Å². The Balaban J connectivity index is 1.72. The van der Waals surface area contributed by atoms with Crippen LogP contribution in [0, 0.1) is 5.92 Å². The highest BCUT2D eigenvalue weighted by Crippen LogP contribution is 2.29. The zero-order valence-electron chi connectivity index (χ0n) is 13.4. The molecule has 2 N–H and O–H groups in total. The van der Waals surface area contributed by atoms with Gasteiger partial charge in [0.2, 0.25) is 0 Å². The molecule has 0 saturated carbocycles. The van der Waals surface area contributed by atoms with E-state index in [1.165, 1.54) is 12.1 Å². The van der Waals surface area contributed by atoms with Crippen molar-refractivity contribution in [1.29, 1.82) is 0 Å². The third-order valence-electron chi connectivity index (χ3n) is 4.25. The summed E-state index contributed by atoms with van der Waals surface area (Å²) in [6.45, 7) is 5.73. The van der Waals surface area contributed by atoms with Crippen LogP contribution >= 0.6 is 0 Å². The van der Waals surface area contributed by atoms with Crippen LogP contribution in [-0.2, 0) is 12.7 Å². The fraction of sp³-hybridized carbons (Fsp3) is 0.647. The average Bonchev–Trinajstić information content (AvgIpc) is 2.48. The average molecular weight is 330 g/mol. The van der Waals surface area contributed by atoms with Crippen molar-refractivity contribution in [2.75, 3.05) is 26.2 Å². The predicted molar refractivity (Wildman–Crippen MR) is 84.0 cm³/mol. The molecule has 1 aliphatic heterocycles. The molecule has 1 aromatic rings. The van der Waals surface area contributed by atoms with E-state index in [1.807, 2.05) is 0 Å². The molecule has 1 atom stereocenters. The largest absolute Gasteiger partial charge is 0.416 e. The second-order valence-electron chi connectivity index (χ2n) is 6.42. The number of rotatable bonds is 6. The summed E-state index contributed by atoms with van der Waals surface area (Å²) in [7, 11) is 0. The lowest BCUT2D eigenvalue weighted by molar-refractivity contribution is -0.137. The van der Waals surface area contributed by atoms with Crippen molar-refractivity contribution in [2.24, 2.45) is 5.92 Å². The van der Waals surface area contributed by atoms with Gasteiger partial charge in [0.25, 0.3) is 0 Å². The van der Waals surface area contributed by atoms with Gasteiger partial charge in [0, 0.05) is 13.1 Å². The topological polar surface area (TPSA) is 35.5 Å². The van der Waals surface area contributed by atoms with Gasteiger partial charge in [-0.1, -0.05) is 18.2 Å². The maximum atomic E-state index is 12.7. The van der Waals surface area contributed by atoms with Gasteiger partial charge in [-0.05, 0) is 56.9 Å². The Kier molecular flexibility index (Phi) is 6.44. The quantitative estimate of drug-likeness (QED) is 0.842. The van der Waals surface area contributed by atoms with Gasteiger partial charge >= 0.3 is 6.18 Å². The fourth-order valence-electron chi connectivity index (χ4n) is 3.03. The molecule has 2 rings (SSSR count). The lowest BCUT2D eigenvalue weighted by Crippen LogP contribution is -2.40. The maximum absolute atomic E-state index is 12.7. The molecule has 0 bridgehead atoms. The number of aliphatic hydroxyl groups excluding tert-OH is 1. The van der Waals surface area contributed by atoms with Crippen LogP contribution in [0.25, 0.3) is 0 Å². The first kappa shape index (κ1) is 18.2. The van der Waals surface area contributed by atoms with E-state index in [4.69, 9.17) is 0 Å². The zero-order chi connectivity index (χ0) is 16.9. The van der Waals surface area contributed by atoms with Gasteiger partial charge < -0.3 is 15.3 Å². The highest BCUT2D eigenvalue weighted by molar-refractivity contribution is 5.25. The molecule has 1 aromatic carbocycles.